The lowest BCUT2D eigenvalue weighted by atomic mass is 10.0. The van der Waals surface area contributed by atoms with Crippen molar-refractivity contribution in [1.82, 2.24) is 14.6 Å². The van der Waals surface area contributed by atoms with Gasteiger partial charge in [0, 0.05) is 29.4 Å². The molecule has 6 heteroatoms. The van der Waals surface area contributed by atoms with Crippen LogP contribution in [0.1, 0.15) is 21.7 Å². The van der Waals surface area contributed by atoms with Gasteiger partial charge in [0.1, 0.15) is 5.69 Å². The minimum absolute atomic E-state index is 0.0144. The number of carboxylic acids is 1. The Hall–Kier alpha value is -3.98. The van der Waals surface area contributed by atoms with Crippen molar-refractivity contribution in [2.75, 3.05) is 0 Å². The summed E-state index contributed by atoms with van der Waals surface area (Å²) in [5.41, 5.74) is 4.71. The summed E-state index contributed by atoms with van der Waals surface area (Å²) in [6.45, 7) is 7.20. The highest BCUT2D eigenvalue weighted by Crippen LogP contribution is 2.29. The summed E-state index contributed by atoms with van der Waals surface area (Å²) >= 11 is 0. The van der Waals surface area contributed by atoms with Crippen LogP contribution >= 0.6 is 0 Å². The molecule has 0 aliphatic rings. The van der Waals surface area contributed by atoms with Crippen molar-refractivity contribution in [3.05, 3.63) is 95.2 Å². The maximum absolute atomic E-state index is 11.2. The maximum atomic E-state index is 11.2. The fraction of sp³-hybridized carbons (Fsp3) is 0.0476. The first-order valence-corrected chi connectivity index (χ1v) is 8.29. The van der Waals surface area contributed by atoms with E-state index in [0.717, 1.165) is 22.3 Å². The zero-order chi connectivity index (χ0) is 18.8. The molecule has 3 aromatic heterocycles. The van der Waals surface area contributed by atoms with Crippen LogP contribution in [-0.4, -0.2) is 25.7 Å². The summed E-state index contributed by atoms with van der Waals surface area (Å²) in [5.74, 6) is -1.05. The molecule has 0 amide bonds. The van der Waals surface area contributed by atoms with Crippen LogP contribution in [0.5, 0.6) is 0 Å². The number of aromatic carboxylic acids is 1. The van der Waals surface area contributed by atoms with Gasteiger partial charge in [-0.25, -0.2) is 14.6 Å². The van der Waals surface area contributed by atoms with Gasteiger partial charge < -0.3 is 5.11 Å². The van der Waals surface area contributed by atoms with Gasteiger partial charge >= 0.3 is 5.97 Å². The van der Waals surface area contributed by atoms with Crippen LogP contribution in [0.3, 0.4) is 0 Å². The second-order valence-electron chi connectivity index (χ2n) is 6.02. The first-order chi connectivity index (χ1) is 13.2. The maximum Gasteiger partial charge on any atom is 0.354 e. The van der Waals surface area contributed by atoms with E-state index < -0.39 is 5.97 Å². The number of fused-ring (bicyclic) bond motifs is 1. The predicted molar refractivity (Wildman–Crippen MR) is 101 cm³/mol. The van der Waals surface area contributed by atoms with Crippen LogP contribution in [0.15, 0.2) is 66.9 Å². The minimum atomic E-state index is -1.05. The molecule has 0 spiro atoms. The fourth-order valence-corrected chi connectivity index (χ4v) is 3.04. The standard InChI is InChI=1S/C21H14N4O2/c1-22-16-10-11-19-17(12-15-8-5-9-18(23-15)21(26)27)20(24-25(19)13-16)14-6-3-2-4-7-14/h2-11,13H,12H2,(H,26,27). The van der Waals surface area contributed by atoms with Crippen molar-refractivity contribution < 1.29 is 9.90 Å². The third-order valence-corrected chi connectivity index (χ3v) is 4.28. The van der Waals surface area contributed by atoms with Gasteiger partial charge in [0.05, 0.1) is 17.8 Å². The number of hydrogen-bond acceptors (Lipinski definition) is 3. The van der Waals surface area contributed by atoms with Crippen LogP contribution in [0.25, 0.3) is 21.6 Å². The van der Waals surface area contributed by atoms with E-state index in [4.69, 9.17) is 6.57 Å². The Labute approximate surface area is 155 Å². The van der Waals surface area contributed by atoms with Gasteiger partial charge in [-0.15, -0.1) is 0 Å². The lowest BCUT2D eigenvalue weighted by Crippen LogP contribution is -2.03. The first kappa shape index (κ1) is 16.5. The van der Waals surface area contributed by atoms with Crippen LogP contribution < -0.4 is 0 Å². The summed E-state index contributed by atoms with van der Waals surface area (Å²) in [6, 6.07) is 18.4. The molecule has 0 saturated carbocycles. The molecule has 0 bridgehead atoms. The SMILES string of the molecule is [C-]#[N+]c1ccc2c(Cc3cccc(C(=O)O)n3)c(-c3ccccc3)nn2c1. The second kappa shape index (κ2) is 6.73. The summed E-state index contributed by atoms with van der Waals surface area (Å²) in [6.07, 6.45) is 2.13. The summed E-state index contributed by atoms with van der Waals surface area (Å²) in [4.78, 5) is 18.9. The number of pyridine rings is 2. The molecular weight excluding hydrogens is 340 g/mol. The molecule has 3 heterocycles. The Kier molecular flexibility index (Phi) is 4.11. The quantitative estimate of drug-likeness (QED) is 0.557. The van der Waals surface area contributed by atoms with Crippen LogP contribution in [0, 0.1) is 6.57 Å². The van der Waals surface area contributed by atoms with Crippen molar-refractivity contribution in [3.8, 4) is 11.3 Å². The van der Waals surface area contributed by atoms with Crippen molar-refractivity contribution in [2.45, 2.75) is 6.42 Å². The molecule has 130 valence electrons. The smallest absolute Gasteiger partial charge is 0.354 e. The van der Waals surface area contributed by atoms with E-state index in [9.17, 15) is 9.90 Å². The normalized spacial score (nSPS) is 10.6. The average molecular weight is 354 g/mol. The Bertz CT molecular complexity index is 1190. The van der Waals surface area contributed by atoms with Crippen molar-refractivity contribution in [2.24, 2.45) is 0 Å². The molecule has 0 unspecified atom stereocenters. The number of benzene rings is 1. The van der Waals surface area contributed by atoms with E-state index in [1.54, 1.807) is 28.9 Å². The molecule has 0 aliphatic heterocycles. The van der Waals surface area contributed by atoms with Crippen molar-refractivity contribution >= 4 is 17.2 Å². The van der Waals surface area contributed by atoms with Gasteiger partial charge in [-0.3, -0.25) is 4.52 Å². The second-order valence-corrected chi connectivity index (χ2v) is 6.02. The number of nitrogens with zero attached hydrogens (tertiary/aromatic N) is 4. The Morgan fingerprint density at radius 3 is 2.63 bits per heavy atom. The zero-order valence-electron chi connectivity index (χ0n) is 14.2. The third-order valence-electron chi connectivity index (χ3n) is 4.28. The van der Waals surface area contributed by atoms with Gasteiger partial charge in [0.15, 0.2) is 0 Å². The highest BCUT2D eigenvalue weighted by atomic mass is 16.4. The molecule has 0 aliphatic carbocycles. The van der Waals surface area contributed by atoms with E-state index in [2.05, 4.69) is 14.9 Å². The number of hydrogen-bond donors (Lipinski definition) is 1. The molecule has 1 N–H and O–H groups in total. The highest BCUT2D eigenvalue weighted by molar-refractivity contribution is 5.85. The Balaban J connectivity index is 1.88. The van der Waals surface area contributed by atoms with E-state index in [1.807, 2.05) is 36.4 Å². The van der Waals surface area contributed by atoms with Gasteiger partial charge in [-0.2, -0.15) is 5.10 Å². The molecule has 0 atom stereocenters. The van der Waals surface area contributed by atoms with Gasteiger partial charge in [-0.1, -0.05) is 42.5 Å². The Morgan fingerprint density at radius 1 is 1.07 bits per heavy atom. The third kappa shape index (κ3) is 3.14. The van der Waals surface area contributed by atoms with Crippen molar-refractivity contribution in [3.63, 3.8) is 0 Å². The lowest BCUT2D eigenvalue weighted by molar-refractivity contribution is 0.0690. The van der Waals surface area contributed by atoms with Crippen LogP contribution in [-0.2, 0) is 6.42 Å². The predicted octanol–water partition coefficient (Wildman–Crippen LogP) is 4.24. The Morgan fingerprint density at radius 2 is 1.89 bits per heavy atom. The van der Waals surface area contributed by atoms with Gasteiger partial charge in [0.2, 0.25) is 5.69 Å². The van der Waals surface area contributed by atoms with E-state index in [0.29, 0.717) is 17.8 Å². The molecule has 6 nitrogen and oxygen atoms in total. The zero-order valence-corrected chi connectivity index (χ0v) is 14.2. The topological polar surface area (TPSA) is 71.8 Å². The average Bonchev–Trinajstić information content (AvgIpc) is 3.06. The summed E-state index contributed by atoms with van der Waals surface area (Å²) < 4.78 is 1.70. The van der Waals surface area contributed by atoms with E-state index in [-0.39, 0.29) is 5.69 Å². The molecule has 0 saturated heterocycles. The van der Waals surface area contributed by atoms with Crippen LogP contribution in [0.4, 0.5) is 5.69 Å². The molecule has 1 aromatic carbocycles. The lowest BCUT2D eigenvalue weighted by Gasteiger charge is -2.05. The largest absolute Gasteiger partial charge is 0.477 e. The molecule has 27 heavy (non-hydrogen) atoms. The minimum Gasteiger partial charge on any atom is -0.477 e. The molecule has 0 radical (unpaired) electrons. The highest BCUT2D eigenvalue weighted by Gasteiger charge is 2.16. The van der Waals surface area contributed by atoms with Gasteiger partial charge in [0.25, 0.3) is 0 Å². The van der Waals surface area contributed by atoms with E-state index >= 15 is 0 Å². The number of aromatic nitrogens is 3. The van der Waals surface area contributed by atoms with Gasteiger partial charge in [-0.05, 0) is 18.2 Å². The molecule has 4 rings (SSSR count). The number of carbonyl (C=O) groups is 1. The molecule has 0 fully saturated rings. The molecular formula is C21H14N4O2. The fourth-order valence-electron chi connectivity index (χ4n) is 3.04. The van der Waals surface area contributed by atoms with Crippen LogP contribution in [0.2, 0.25) is 0 Å². The van der Waals surface area contributed by atoms with Crippen molar-refractivity contribution in [1.29, 1.82) is 0 Å². The summed E-state index contributed by atoms with van der Waals surface area (Å²) in [7, 11) is 0. The monoisotopic (exact) mass is 354 g/mol. The molecule has 4 aromatic rings. The summed E-state index contributed by atoms with van der Waals surface area (Å²) in [5, 5.41) is 13.9. The van der Waals surface area contributed by atoms with E-state index in [1.165, 1.54) is 6.07 Å². The number of carboxylic acid groups (broad SMARTS) is 1. The number of rotatable bonds is 4. The first-order valence-electron chi connectivity index (χ1n) is 8.29.